The number of anilines is 2. The van der Waals surface area contributed by atoms with Crippen molar-refractivity contribution in [1.29, 1.82) is 0 Å². The predicted molar refractivity (Wildman–Crippen MR) is 101 cm³/mol. The first kappa shape index (κ1) is 15.9. The van der Waals surface area contributed by atoms with Gasteiger partial charge in [-0.2, -0.15) is 5.10 Å². The third kappa shape index (κ3) is 3.28. The Kier molecular flexibility index (Phi) is 4.11. The van der Waals surface area contributed by atoms with Crippen LogP contribution in [0.1, 0.15) is 21.5 Å². The van der Waals surface area contributed by atoms with Crippen molar-refractivity contribution < 1.29 is 9.90 Å². The van der Waals surface area contributed by atoms with E-state index in [1.807, 2.05) is 36.4 Å². The summed E-state index contributed by atoms with van der Waals surface area (Å²) in [5.41, 5.74) is 5.19. The van der Waals surface area contributed by atoms with Crippen LogP contribution in [0.3, 0.4) is 0 Å². The third-order valence-corrected chi connectivity index (χ3v) is 4.24. The lowest BCUT2D eigenvalue weighted by molar-refractivity contribution is 0.0697. The van der Waals surface area contributed by atoms with E-state index in [1.165, 1.54) is 17.3 Å². The maximum Gasteiger partial charge on any atom is 0.337 e. The Morgan fingerprint density at radius 3 is 2.46 bits per heavy atom. The van der Waals surface area contributed by atoms with Gasteiger partial charge in [-0.15, -0.1) is 0 Å². The highest BCUT2D eigenvalue weighted by Gasteiger charge is 2.10. The van der Waals surface area contributed by atoms with Gasteiger partial charge in [0.15, 0.2) is 0 Å². The van der Waals surface area contributed by atoms with Crippen LogP contribution in [0.2, 0.25) is 0 Å². The van der Waals surface area contributed by atoms with Crippen molar-refractivity contribution >= 4 is 22.9 Å². The third-order valence-electron chi connectivity index (χ3n) is 4.24. The molecule has 0 saturated carbocycles. The first-order chi connectivity index (χ1) is 12.7. The van der Waals surface area contributed by atoms with Crippen molar-refractivity contribution in [2.45, 2.75) is 6.42 Å². The van der Waals surface area contributed by atoms with Crippen molar-refractivity contribution in [1.82, 2.24) is 9.61 Å². The van der Waals surface area contributed by atoms with Gasteiger partial charge in [-0.1, -0.05) is 42.5 Å². The summed E-state index contributed by atoms with van der Waals surface area (Å²) in [4.78, 5) is 11.2. The highest BCUT2D eigenvalue weighted by atomic mass is 16.4. The second-order valence-electron chi connectivity index (χ2n) is 6.09. The quantitative estimate of drug-likeness (QED) is 0.565. The monoisotopic (exact) mass is 343 g/mol. The van der Waals surface area contributed by atoms with Crippen molar-refractivity contribution in [3.05, 3.63) is 95.8 Å². The van der Waals surface area contributed by atoms with Crippen LogP contribution < -0.4 is 5.32 Å². The van der Waals surface area contributed by atoms with E-state index in [9.17, 15) is 4.79 Å². The van der Waals surface area contributed by atoms with Gasteiger partial charge in [-0.05, 0) is 41.8 Å². The maximum atomic E-state index is 11.2. The summed E-state index contributed by atoms with van der Waals surface area (Å²) in [6.45, 7) is 0. The molecule has 128 valence electrons. The summed E-state index contributed by atoms with van der Waals surface area (Å²) < 4.78 is 1.57. The van der Waals surface area contributed by atoms with Gasteiger partial charge in [-0.3, -0.25) is 0 Å². The number of nitrogens with one attached hydrogen (secondary N) is 1. The zero-order valence-electron chi connectivity index (χ0n) is 14.0. The molecule has 26 heavy (non-hydrogen) atoms. The molecule has 2 aromatic carbocycles. The minimum absolute atomic E-state index is 0.213. The van der Waals surface area contributed by atoms with E-state index in [4.69, 9.17) is 5.11 Å². The molecule has 0 radical (unpaired) electrons. The number of carboxylic acid groups (broad SMARTS) is 1. The largest absolute Gasteiger partial charge is 0.478 e. The van der Waals surface area contributed by atoms with Crippen molar-refractivity contribution in [3.63, 3.8) is 0 Å². The summed E-state index contributed by atoms with van der Waals surface area (Å²) in [6.07, 6.45) is 4.04. The fourth-order valence-corrected chi connectivity index (χ4v) is 2.93. The Morgan fingerprint density at radius 1 is 1.00 bits per heavy atom. The number of aromatic carboxylic acids is 1. The van der Waals surface area contributed by atoms with E-state index >= 15 is 0 Å². The predicted octanol–water partition coefficient (Wildman–Crippen LogP) is 4.37. The Balaban J connectivity index is 1.56. The van der Waals surface area contributed by atoms with Gasteiger partial charge in [0, 0.05) is 18.1 Å². The molecule has 0 spiro atoms. The van der Waals surface area contributed by atoms with Gasteiger partial charge >= 0.3 is 5.97 Å². The molecule has 2 aromatic heterocycles. The summed E-state index contributed by atoms with van der Waals surface area (Å²) >= 11 is 0. The molecule has 4 rings (SSSR count). The fraction of sp³-hybridized carbons (Fsp3) is 0.0476. The van der Waals surface area contributed by atoms with Gasteiger partial charge in [0.2, 0.25) is 0 Å². The molecule has 0 amide bonds. The summed E-state index contributed by atoms with van der Waals surface area (Å²) in [7, 11) is 0. The molecular weight excluding hydrogens is 326 g/mol. The van der Waals surface area contributed by atoms with Gasteiger partial charge < -0.3 is 10.4 Å². The lowest BCUT2D eigenvalue weighted by atomic mass is 10.0. The fourth-order valence-electron chi connectivity index (χ4n) is 2.93. The zero-order chi connectivity index (χ0) is 17.9. The minimum atomic E-state index is -0.966. The molecule has 0 unspecified atom stereocenters. The molecule has 5 heteroatoms. The maximum absolute atomic E-state index is 11.2. The lowest BCUT2D eigenvalue weighted by Crippen LogP contribution is -1.96. The molecular formula is C21H17N3O2. The number of carboxylic acids is 1. The Hall–Kier alpha value is -3.60. The molecule has 0 fully saturated rings. The summed E-state index contributed by atoms with van der Waals surface area (Å²) in [5.74, 6) is -0.966. The molecule has 0 aliphatic carbocycles. The lowest BCUT2D eigenvalue weighted by Gasteiger charge is -2.09. The second kappa shape index (κ2) is 6.72. The van der Waals surface area contributed by atoms with Crippen LogP contribution in [0.4, 0.5) is 11.4 Å². The Labute approximate surface area is 150 Å². The smallest absolute Gasteiger partial charge is 0.337 e. The van der Waals surface area contributed by atoms with Crippen molar-refractivity contribution in [3.8, 4) is 0 Å². The topological polar surface area (TPSA) is 66.6 Å². The molecule has 5 nitrogen and oxygen atoms in total. The van der Waals surface area contributed by atoms with Crippen LogP contribution in [0.25, 0.3) is 5.52 Å². The average molecular weight is 343 g/mol. The van der Waals surface area contributed by atoms with Crippen molar-refractivity contribution in [2.24, 2.45) is 0 Å². The molecule has 0 aliphatic heterocycles. The van der Waals surface area contributed by atoms with E-state index in [0.717, 1.165) is 23.3 Å². The van der Waals surface area contributed by atoms with Gasteiger partial charge in [0.05, 0.1) is 16.8 Å². The molecule has 0 aliphatic rings. The molecule has 2 heterocycles. The van der Waals surface area contributed by atoms with E-state index in [-0.39, 0.29) is 5.56 Å². The van der Waals surface area contributed by atoms with E-state index in [0.29, 0.717) is 0 Å². The molecule has 0 bridgehead atoms. The van der Waals surface area contributed by atoms with Crippen LogP contribution in [0.15, 0.2) is 79.1 Å². The number of carbonyl (C=O) groups is 1. The molecule has 2 N–H and O–H groups in total. The number of benzene rings is 2. The first-order valence-corrected chi connectivity index (χ1v) is 8.29. The van der Waals surface area contributed by atoms with Crippen LogP contribution in [-0.4, -0.2) is 20.7 Å². The minimum Gasteiger partial charge on any atom is -0.478 e. The number of fused-ring (bicyclic) bond motifs is 1. The highest BCUT2D eigenvalue weighted by Crippen LogP contribution is 2.23. The first-order valence-electron chi connectivity index (χ1n) is 8.29. The Morgan fingerprint density at radius 2 is 1.73 bits per heavy atom. The average Bonchev–Trinajstić information content (AvgIpc) is 3.10. The van der Waals surface area contributed by atoms with Crippen LogP contribution in [0.5, 0.6) is 0 Å². The highest BCUT2D eigenvalue weighted by molar-refractivity contribution is 5.91. The summed E-state index contributed by atoms with van der Waals surface area (Å²) in [6, 6.07) is 22.0. The van der Waals surface area contributed by atoms with Gasteiger partial charge in [-0.25, -0.2) is 9.31 Å². The van der Waals surface area contributed by atoms with Crippen LogP contribution in [0, 0.1) is 0 Å². The van der Waals surface area contributed by atoms with Crippen LogP contribution in [-0.2, 0) is 6.42 Å². The zero-order valence-corrected chi connectivity index (χ0v) is 14.0. The normalized spacial score (nSPS) is 10.8. The number of hydrogen-bond donors (Lipinski definition) is 2. The molecule has 4 aromatic rings. The SMILES string of the molecule is O=C(O)c1cc2c(Nc3ccc(Cc4ccccc4)cc3)ccnn2c1. The molecule has 0 atom stereocenters. The standard InChI is InChI=1S/C21H17N3O2/c25-21(26)17-13-20-19(10-11-22-24(20)14-17)23-18-8-6-16(7-9-18)12-15-4-2-1-3-5-15/h1-11,13-14,23H,12H2,(H,25,26). The van der Waals surface area contributed by atoms with E-state index < -0.39 is 5.97 Å². The number of rotatable bonds is 5. The second-order valence-corrected chi connectivity index (χ2v) is 6.09. The number of nitrogens with zero attached hydrogens (tertiary/aromatic N) is 2. The number of hydrogen-bond acceptors (Lipinski definition) is 3. The van der Waals surface area contributed by atoms with Crippen molar-refractivity contribution in [2.75, 3.05) is 5.32 Å². The molecule has 0 saturated heterocycles. The van der Waals surface area contributed by atoms with Gasteiger partial charge in [0.25, 0.3) is 0 Å². The van der Waals surface area contributed by atoms with Gasteiger partial charge in [0.1, 0.15) is 0 Å². The van der Waals surface area contributed by atoms with E-state index in [1.54, 1.807) is 16.8 Å². The van der Waals surface area contributed by atoms with E-state index in [2.05, 4.69) is 34.7 Å². The summed E-state index contributed by atoms with van der Waals surface area (Å²) in [5, 5.41) is 16.7. The Bertz CT molecular complexity index is 1050. The van der Waals surface area contributed by atoms with Crippen LogP contribution >= 0.6 is 0 Å². The number of aromatic nitrogens is 2.